The maximum Gasteiger partial charge on any atom is 0.356 e. The molecule has 0 aliphatic rings. The average Bonchev–Trinajstić information content (AvgIpc) is 2.92. The normalized spacial score (nSPS) is 10.8. The Balaban J connectivity index is 1.98. The third kappa shape index (κ3) is 2.63. The molecule has 1 N–H and O–H groups in total. The smallest absolute Gasteiger partial charge is 0.356 e. The molecule has 22 heavy (non-hydrogen) atoms. The second-order valence-electron chi connectivity index (χ2n) is 4.89. The van der Waals surface area contributed by atoms with Crippen LogP contribution in [-0.2, 0) is 11.3 Å². The lowest BCUT2D eigenvalue weighted by molar-refractivity contribution is -0.686. The number of hydrogen-bond acceptors (Lipinski definition) is 3. The van der Waals surface area contributed by atoms with E-state index < -0.39 is 5.97 Å². The van der Waals surface area contributed by atoms with E-state index in [0.29, 0.717) is 12.2 Å². The summed E-state index contributed by atoms with van der Waals surface area (Å²) in [6.45, 7) is 2.58. The van der Waals surface area contributed by atoms with Gasteiger partial charge in [0.25, 0.3) is 6.33 Å². The van der Waals surface area contributed by atoms with Crippen LogP contribution in [0.2, 0.25) is 0 Å². The number of fused-ring (bicyclic) bond motifs is 1. The van der Waals surface area contributed by atoms with Crippen LogP contribution in [-0.4, -0.2) is 22.0 Å². The van der Waals surface area contributed by atoms with Crippen molar-refractivity contribution in [3.63, 3.8) is 0 Å². The van der Waals surface area contributed by atoms with Crippen LogP contribution in [0.3, 0.4) is 0 Å². The number of esters is 1. The first-order valence-electron chi connectivity index (χ1n) is 7.03. The van der Waals surface area contributed by atoms with Crippen LogP contribution in [0.5, 0.6) is 0 Å². The third-order valence-electron chi connectivity index (χ3n) is 3.33. The van der Waals surface area contributed by atoms with E-state index in [2.05, 4.69) is 4.98 Å². The fraction of sp³-hybridized carbons (Fsp3) is 0.188. The Morgan fingerprint density at radius 3 is 2.82 bits per heavy atom. The van der Waals surface area contributed by atoms with Crippen molar-refractivity contribution >= 4 is 11.6 Å². The van der Waals surface area contributed by atoms with Crippen LogP contribution in [0.25, 0.3) is 5.65 Å². The summed E-state index contributed by atoms with van der Waals surface area (Å²) >= 11 is 0. The highest BCUT2D eigenvalue weighted by molar-refractivity contribution is 5.88. The van der Waals surface area contributed by atoms with Crippen LogP contribution in [0.4, 0.5) is 0 Å². The van der Waals surface area contributed by atoms with Crippen molar-refractivity contribution in [1.82, 2.24) is 9.38 Å². The third-order valence-corrected chi connectivity index (χ3v) is 3.33. The van der Waals surface area contributed by atoms with Gasteiger partial charge in [-0.05, 0) is 12.5 Å². The van der Waals surface area contributed by atoms with Gasteiger partial charge in [-0.25, -0.2) is 14.2 Å². The molecular weight excluding hydrogens is 282 g/mol. The van der Waals surface area contributed by atoms with Crippen molar-refractivity contribution in [2.24, 2.45) is 0 Å². The Morgan fingerprint density at radius 2 is 2.09 bits per heavy atom. The van der Waals surface area contributed by atoms with Crippen molar-refractivity contribution < 1.29 is 14.1 Å². The molecule has 0 aliphatic heterocycles. The summed E-state index contributed by atoms with van der Waals surface area (Å²) in [5, 5.41) is 0. The van der Waals surface area contributed by atoms with Crippen LogP contribution in [0.1, 0.15) is 22.8 Å². The molecule has 0 unspecified atom stereocenters. The summed E-state index contributed by atoms with van der Waals surface area (Å²) in [5.41, 5.74) is 1.35. The summed E-state index contributed by atoms with van der Waals surface area (Å²) in [5.74, 6) is -0.617. The first kappa shape index (κ1) is 14.1. The zero-order chi connectivity index (χ0) is 15.5. The van der Waals surface area contributed by atoms with Gasteiger partial charge in [0.15, 0.2) is 11.8 Å². The highest BCUT2D eigenvalue weighted by Crippen LogP contribution is 2.00. The van der Waals surface area contributed by atoms with Gasteiger partial charge >= 0.3 is 11.5 Å². The predicted molar refractivity (Wildman–Crippen MR) is 79.7 cm³/mol. The van der Waals surface area contributed by atoms with E-state index in [9.17, 15) is 9.59 Å². The summed E-state index contributed by atoms with van der Waals surface area (Å²) < 4.78 is 8.18. The molecule has 1 aromatic carbocycles. The number of H-pyrrole nitrogens is 1. The number of aromatic nitrogens is 3. The number of carbonyl (C=O) groups excluding carboxylic acids is 1. The maximum absolute atomic E-state index is 12.3. The SMILES string of the molecule is CCOC(=O)c1c[nH]c2c[n+](Cc3ccccc3)cn2c1=O. The molecule has 0 saturated heterocycles. The monoisotopic (exact) mass is 298 g/mol. The van der Waals surface area contributed by atoms with Crippen LogP contribution in [0, 0.1) is 0 Å². The fourth-order valence-corrected chi connectivity index (χ4v) is 2.31. The molecule has 0 fully saturated rings. The lowest BCUT2D eigenvalue weighted by Crippen LogP contribution is -2.32. The van der Waals surface area contributed by atoms with E-state index in [0.717, 1.165) is 5.56 Å². The Morgan fingerprint density at radius 1 is 1.32 bits per heavy atom. The summed E-state index contributed by atoms with van der Waals surface area (Å²) in [6, 6.07) is 9.92. The molecular formula is C16H16N3O3+. The molecule has 0 saturated carbocycles. The summed E-state index contributed by atoms with van der Waals surface area (Å²) in [6.07, 6.45) is 4.88. The van der Waals surface area contributed by atoms with E-state index in [1.165, 1.54) is 10.6 Å². The standard InChI is InChI=1S/C16H15N3O3/c1-2-22-16(21)13-8-17-14-10-18(11-19(14)15(13)20)9-12-6-4-3-5-7-12/h3-8,10-11H,2,9H2,1H3/p+1. The van der Waals surface area contributed by atoms with Gasteiger partial charge in [0, 0.05) is 6.20 Å². The number of carbonyl (C=O) groups is 1. The number of rotatable bonds is 4. The Labute approximate surface area is 126 Å². The van der Waals surface area contributed by atoms with E-state index in [1.54, 1.807) is 13.3 Å². The molecule has 2 heterocycles. The zero-order valence-corrected chi connectivity index (χ0v) is 12.2. The molecule has 6 heteroatoms. The minimum absolute atomic E-state index is 0.00295. The van der Waals surface area contributed by atoms with Gasteiger partial charge in [-0.15, -0.1) is 4.40 Å². The molecule has 112 valence electrons. The molecule has 2 aromatic heterocycles. The van der Waals surface area contributed by atoms with Crippen LogP contribution >= 0.6 is 0 Å². The lowest BCUT2D eigenvalue weighted by Gasteiger charge is -1.98. The molecule has 0 aliphatic carbocycles. The summed E-state index contributed by atoms with van der Waals surface area (Å²) in [4.78, 5) is 27.0. The van der Waals surface area contributed by atoms with Gasteiger partial charge in [-0.3, -0.25) is 0 Å². The quantitative estimate of drug-likeness (QED) is 0.580. The Hall–Kier alpha value is -2.89. The number of nitrogens with one attached hydrogen (secondary N) is 1. The molecule has 0 radical (unpaired) electrons. The molecule has 0 bridgehead atoms. The topological polar surface area (TPSA) is 67.5 Å². The zero-order valence-electron chi connectivity index (χ0n) is 12.2. The second kappa shape index (κ2) is 5.85. The highest BCUT2D eigenvalue weighted by Gasteiger charge is 2.19. The first-order valence-corrected chi connectivity index (χ1v) is 7.03. The van der Waals surface area contributed by atoms with E-state index in [1.807, 2.05) is 41.1 Å². The minimum atomic E-state index is -0.617. The van der Waals surface area contributed by atoms with Gasteiger partial charge in [0.05, 0.1) is 6.61 Å². The first-order chi connectivity index (χ1) is 10.7. The number of ether oxygens (including phenoxy) is 1. The van der Waals surface area contributed by atoms with E-state index in [-0.39, 0.29) is 17.7 Å². The van der Waals surface area contributed by atoms with E-state index >= 15 is 0 Å². The van der Waals surface area contributed by atoms with Crippen LogP contribution in [0.15, 0.2) is 53.8 Å². The van der Waals surface area contributed by atoms with Crippen molar-refractivity contribution in [3.05, 3.63) is 70.5 Å². The van der Waals surface area contributed by atoms with Crippen molar-refractivity contribution in [2.45, 2.75) is 13.5 Å². The van der Waals surface area contributed by atoms with Gasteiger partial charge in [0.1, 0.15) is 6.54 Å². The lowest BCUT2D eigenvalue weighted by atomic mass is 10.2. The van der Waals surface area contributed by atoms with Gasteiger partial charge < -0.3 is 9.72 Å². The molecule has 3 rings (SSSR count). The van der Waals surface area contributed by atoms with E-state index in [4.69, 9.17) is 4.74 Å². The number of imidazole rings is 1. The van der Waals surface area contributed by atoms with Gasteiger partial charge in [-0.1, -0.05) is 30.3 Å². The number of aromatic amines is 1. The fourth-order valence-electron chi connectivity index (χ4n) is 2.31. The average molecular weight is 298 g/mol. The molecule has 0 spiro atoms. The number of nitrogens with zero attached hydrogens (tertiary/aromatic N) is 2. The Bertz CT molecular complexity index is 865. The minimum Gasteiger partial charge on any atom is -0.462 e. The highest BCUT2D eigenvalue weighted by atomic mass is 16.5. The molecule has 0 amide bonds. The number of benzene rings is 1. The van der Waals surface area contributed by atoms with Gasteiger partial charge in [-0.2, -0.15) is 0 Å². The second-order valence-corrected chi connectivity index (χ2v) is 4.89. The van der Waals surface area contributed by atoms with Crippen molar-refractivity contribution in [2.75, 3.05) is 6.61 Å². The van der Waals surface area contributed by atoms with Gasteiger partial charge in [0.2, 0.25) is 5.65 Å². The molecule has 0 atom stereocenters. The molecule has 3 aromatic rings. The maximum atomic E-state index is 12.3. The predicted octanol–water partition coefficient (Wildman–Crippen LogP) is 1.14. The van der Waals surface area contributed by atoms with Crippen molar-refractivity contribution in [1.29, 1.82) is 0 Å². The molecule has 6 nitrogen and oxygen atoms in total. The number of hydrogen-bond donors (Lipinski definition) is 1. The summed E-state index contributed by atoms with van der Waals surface area (Å²) in [7, 11) is 0. The van der Waals surface area contributed by atoms with Crippen molar-refractivity contribution in [3.8, 4) is 0 Å². The van der Waals surface area contributed by atoms with Crippen LogP contribution < -0.4 is 10.1 Å². The Kier molecular flexibility index (Phi) is 3.74. The largest absolute Gasteiger partial charge is 0.462 e.